The number of aryl methyl sites for hydroxylation is 1. The molecule has 1 aromatic carbocycles. The lowest BCUT2D eigenvalue weighted by molar-refractivity contribution is 0.254. The fraction of sp³-hybridized carbons (Fsp3) is 0.471. The SMILES string of the molecule is Cc1cccc2c(NC3CCCC3CCO)ccnc12. The van der Waals surface area contributed by atoms with Crippen molar-refractivity contribution in [2.45, 2.75) is 38.6 Å². The number of benzene rings is 1. The Bertz CT molecular complexity index is 597. The second-order valence-corrected chi connectivity index (χ2v) is 5.78. The predicted octanol–water partition coefficient (Wildman–Crippen LogP) is 3.51. The molecule has 2 aromatic rings. The summed E-state index contributed by atoms with van der Waals surface area (Å²) in [4.78, 5) is 4.49. The second kappa shape index (κ2) is 5.80. The van der Waals surface area contributed by atoms with Crippen LogP contribution in [0.15, 0.2) is 30.5 Å². The number of aromatic nitrogens is 1. The number of nitrogens with zero attached hydrogens (tertiary/aromatic N) is 1. The molecule has 2 atom stereocenters. The lowest BCUT2D eigenvalue weighted by Gasteiger charge is -2.22. The van der Waals surface area contributed by atoms with Crippen molar-refractivity contribution >= 4 is 16.6 Å². The first-order valence-electron chi connectivity index (χ1n) is 7.51. The molecule has 20 heavy (non-hydrogen) atoms. The highest BCUT2D eigenvalue weighted by Crippen LogP contribution is 2.33. The maximum absolute atomic E-state index is 9.18. The van der Waals surface area contributed by atoms with Crippen LogP contribution in [0.2, 0.25) is 0 Å². The number of fused-ring (bicyclic) bond motifs is 1. The summed E-state index contributed by atoms with van der Waals surface area (Å²) in [7, 11) is 0. The summed E-state index contributed by atoms with van der Waals surface area (Å²) in [5.41, 5.74) is 3.47. The molecule has 1 heterocycles. The monoisotopic (exact) mass is 270 g/mol. The van der Waals surface area contributed by atoms with Gasteiger partial charge in [-0.15, -0.1) is 0 Å². The molecule has 0 aliphatic heterocycles. The fourth-order valence-electron chi connectivity index (χ4n) is 3.39. The number of aliphatic hydroxyl groups is 1. The number of hydrogen-bond acceptors (Lipinski definition) is 3. The topological polar surface area (TPSA) is 45.1 Å². The Labute approximate surface area is 120 Å². The van der Waals surface area contributed by atoms with E-state index in [1.165, 1.54) is 35.9 Å². The van der Waals surface area contributed by atoms with Crippen molar-refractivity contribution in [3.05, 3.63) is 36.0 Å². The second-order valence-electron chi connectivity index (χ2n) is 5.78. The molecule has 0 bridgehead atoms. The van der Waals surface area contributed by atoms with Crippen LogP contribution >= 0.6 is 0 Å². The molecule has 0 spiro atoms. The minimum Gasteiger partial charge on any atom is -0.396 e. The Hall–Kier alpha value is -1.61. The first-order valence-corrected chi connectivity index (χ1v) is 7.51. The van der Waals surface area contributed by atoms with Gasteiger partial charge in [0.25, 0.3) is 0 Å². The zero-order valence-electron chi connectivity index (χ0n) is 12.0. The van der Waals surface area contributed by atoms with E-state index in [0.29, 0.717) is 18.6 Å². The molecule has 0 saturated heterocycles. The van der Waals surface area contributed by atoms with Gasteiger partial charge in [-0.3, -0.25) is 4.98 Å². The van der Waals surface area contributed by atoms with E-state index < -0.39 is 0 Å². The van der Waals surface area contributed by atoms with E-state index in [9.17, 15) is 5.11 Å². The Balaban J connectivity index is 1.89. The average Bonchev–Trinajstić information content (AvgIpc) is 2.88. The molecule has 1 aromatic heterocycles. The van der Waals surface area contributed by atoms with Crippen LogP contribution < -0.4 is 5.32 Å². The van der Waals surface area contributed by atoms with Crippen molar-refractivity contribution < 1.29 is 5.11 Å². The zero-order valence-corrected chi connectivity index (χ0v) is 12.0. The molecule has 2 unspecified atom stereocenters. The van der Waals surface area contributed by atoms with Crippen molar-refractivity contribution in [1.82, 2.24) is 4.98 Å². The summed E-state index contributed by atoms with van der Waals surface area (Å²) in [5, 5.41) is 14.1. The van der Waals surface area contributed by atoms with Crippen molar-refractivity contribution in [3.8, 4) is 0 Å². The number of hydrogen-bond donors (Lipinski definition) is 2. The van der Waals surface area contributed by atoms with E-state index in [-0.39, 0.29) is 0 Å². The van der Waals surface area contributed by atoms with Crippen molar-refractivity contribution in [3.63, 3.8) is 0 Å². The maximum Gasteiger partial charge on any atom is 0.0751 e. The van der Waals surface area contributed by atoms with E-state index in [2.05, 4.69) is 41.5 Å². The van der Waals surface area contributed by atoms with Gasteiger partial charge in [0, 0.05) is 29.9 Å². The molecule has 0 amide bonds. The fourth-order valence-corrected chi connectivity index (χ4v) is 3.39. The number of aliphatic hydroxyl groups excluding tert-OH is 1. The third-order valence-electron chi connectivity index (χ3n) is 4.47. The molecule has 1 saturated carbocycles. The molecule has 3 rings (SSSR count). The molecular formula is C17H22N2O. The quantitative estimate of drug-likeness (QED) is 0.893. The van der Waals surface area contributed by atoms with Crippen LogP contribution in [0.1, 0.15) is 31.2 Å². The number of anilines is 1. The normalized spacial score (nSPS) is 22.3. The zero-order chi connectivity index (χ0) is 13.9. The first kappa shape index (κ1) is 13.4. The van der Waals surface area contributed by atoms with Crippen LogP contribution in [-0.4, -0.2) is 22.7 Å². The van der Waals surface area contributed by atoms with Crippen molar-refractivity contribution in [2.75, 3.05) is 11.9 Å². The first-order chi connectivity index (χ1) is 9.79. The summed E-state index contributed by atoms with van der Waals surface area (Å²) in [6, 6.07) is 8.87. The Morgan fingerprint density at radius 2 is 2.20 bits per heavy atom. The Kier molecular flexibility index (Phi) is 3.88. The summed E-state index contributed by atoms with van der Waals surface area (Å²) in [6.07, 6.45) is 6.46. The molecule has 1 aliphatic carbocycles. The highest BCUT2D eigenvalue weighted by molar-refractivity contribution is 5.92. The van der Waals surface area contributed by atoms with Crippen LogP contribution in [0.4, 0.5) is 5.69 Å². The van der Waals surface area contributed by atoms with Gasteiger partial charge >= 0.3 is 0 Å². The average molecular weight is 270 g/mol. The van der Waals surface area contributed by atoms with E-state index in [4.69, 9.17) is 0 Å². The molecule has 1 fully saturated rings. The van der Waals surface area contributed by atoms with Gasteiger partial charge in [-0.1, -0.05) is 24.6 Å². The smallest absolute Gasteiger partial charge is 0.0751 e. The highest BCUT2D eigenvalue weighted by atomic mass is 16.3. The van der Waals surface area contributed by atoms with Crippen LogP contribution in [-0.2, 0) is 0 Å². The third-order valence-corrected chi connectivity index (χ3v) is 4.47. The van der Waals surface area contributed by atoms with Gasteiger partial charge < -0.3 is 10.4 Å². The van der Waals surface area contributed by atoms with Crippen LogP contribution in [0.5, 0.6) is 0 Å². The van der Waals surface area contributed by atoms with Crippen LogP contribution in [0.3, 0.4) is 0 Å². The summed E-state index contributed by atoms with van der Waals surface area (Å²) < 4.78 is 0. The van der Waals surface area contributed by atoms with Crippen molar-refractivity contribution in [1.29, 1.82) is 0 Å². The molecule has 0 radical (unpaired) electrons. The molecule has 1 aliphatic rings. The van der Waals surface area contributed by atoms with Gasteiger partial charge in [0.2, 0.25) is 0 Å². The summed E-state index contributed by atoms with van der Waals surface area (Å²) in [6.45, 7) is 2.39. The van der Waals surface area contributed by atoms with Gasteiger partial charge in [0.05, 0.1) is 5.52 Å². The largest absolute Gasteiger partial charge is 0.396 e. The maximum atomic E-state index is 9.18. The molecule has 3 heteroatoms. The van der Waals surface area contributed by atoms with E-state index in [1.54, 1.807) is 0 Å². The Morgan fingerprint density at radius 3 is 3.05 bits per heavy atom. The van der Waals surface area contributed by atoms with Gasteiger partial charge in [-0.2, -0.15) is 0 Å². The lowest BCUT2D eigenvalue weighted by atomic mass is 9.99. The van der Waals surface area contributed by atoms with Gasteiger partial charge in [0.15, 0.2) is 0 Å². The molecule has 106 valence electrons. The van der Waals surface area contributed by atoms with Crippen LogP contribution in [0.25, 0.3) is 10.9 Å². The summed E-state index contributed by atoms with van der Waals surface area (Å²) in [5.74, 6) is 0.591. The van der Waals surface area contributed by atoms with Gasteiger partial charge in [0.1, 0.15) is 0 Å². The molecule has 2 N–H and O–H groups in total. The number of nitrogens with one attached hydrogen (secondary N) is 1. The van der Waals surface area contributed by atoms with E-state index >= 15 is 0 Å². The number of para-hydroxylation sites is 1. The van der Waals surface area contributed by atoms with Gasteiger partial charge in [-0.25, -0.2) is 0 Å². The molecule has 3 nitrogen and oxygen atoms in total. The third kappa shape index (κ3) is 2.50. The summed E-state index contributed by atoms with van der Waals surface area (Å²) >= 11 is 0. The molecular weight excluding hydrogens is 248 g/mol. The van der Waals surface area contributed by atoms with E-state index in [1.807, 2.05) is 6.20 Å². The van der Waals surface area contributed by atoms with E-state index in [0.717, 1.165) is 11.9 Å². The van der Waals surface area contributed by atoms with Crippen molar-refractivity contribution in [2.24, 2.45) is 5.92 Å². The standard InChI is InChI=1S/C17H22N2O/c1-12-4-2-6-14-16(8-10-18-17(12)14)19-15-7-3-5-13(15)9-11-20/h2,4,6,8,10,13,15,20H,3,5,7,9,11H2,1H3,(H,18,19). The number of pyridine rings is 1. The number of rotatable bonds is 4. The van der Waals surface area contributed by atoms with Crippen LogP contribution in [0, 0.1) is 12.8 Å². The minimum atomic E-state index is 0.291. The lowest BCUT2D eigenvalue weighted by Crippen LogP contribution is -2.24. The minimum absolute atomic E-state index is 0.291. The Morgan fingerprint density at radius 1 is 1.30 bits per heavy atom. The predicted molar refractivity (Wildman–Crippen MR) is 82.9 cm³/mol. The highest BCUT2D eigenvalue weighted by Gasteiger charge is 2.26. The van der Waals surface area contributed by atoms with Gasteiger partial charge in [-0.05, 0) is 43.7 Å².